The van der Waals surface area contributed by atoms with Gasteiger partial charge in [0.25, 0.3) is 5.91 Å². The average Bonchev–Trinajstić information content (AvgIpc) is 2.53. The zero-order valence-corrected chi connectivity index (χ0v) is 14.1. The Labute approximate surface area is 140 Å². The number of aryl methyl sites for hydroxylation is 1. The maximum atomic E-state index is 12.5. The number of carbonyl (C=O) groups excluding carboxylic acids is 1. The minimum absolute atomic E-state index is 0.0898. The van der Waals surface area contributed by atoms with E-state index in [1.165, 1.54) is 4.31 Å². The van der Waals surface area contributed by atoms with Crippen molar-refractivity contribution in [3.63, 3.8) is 0 Å². The topological polar surface area (TPSA) is 88.6 Å². The van der Waals surface area contributed by atoms with Crippen LogP contribution >= 0.6 is 0 Å². The first-order valence-corrected chi connectivity index (χ1v) is 9.17. The van der Waals surface area contributed by atoms with Crippen molar-refractivity contribution in [2.45, 2.75) is 13.0 Å². The largest absolute Gasteiger partial charge is 0.476 e. The summed E-state index contributed by atoms with van der Waals surface area (Å²) in [5, 5.41) is 2.66. The number of rotatable bonds is 3. The Kier molecular flexibility index (Phi) is 4.15. The van der Waals surface area contributed by atoms with E-state index in [-0.39, 0.29) is 6.54 Å². The lowest BCUT2D eigenvalue weighted by molar-refractivity contribution is -0.122. The van der Waals surface area contributed by atoms with Crippen LogP contribution in [0.5, 0.6) is 5.75 Å². The zero-order valence-electron chi connectivity index (χ0n) is 13.3. The first-order chi connectivity index (χ1) is 11.3. The van der Waals surface area contributed by atoms with Gasteiger partial charge in [-0.15, -0.1) is 0 Å². The number of hydrogen-bond acceptors (Lipinski definition) is 5. The zero-order chi connectivity index (χ0) is 17.3. The third-order valence-corrected chi connectivity index (χ3v) is 4.71. The summed E-state index contributed by atoms with van der Waals surface area (Å²) in [6, 6.07) is 12.0. The standard InChI is InChI=1S/C16H17N3O4S/c1-11-6-5-9-15(17-11)18-16(20)14-10-19(24(2,21)22)12-7-3-4-8-13(12)23-14/h3-9,14H,10H2,1-2H3,(H,17,18,20)/t14-/m1/s1. The molecule has 0 saturated heterocycles. The third kappa shape index (κ3) is 3.33. The summed E-state index contributed by atoms with van der Waals surface area (Å²) in [7, 11) is -3.53. The molecule has 2 heterocycles. The highest BCUT2D eigenvalue weighted by Crippen LogP contribution is 2.34. The molecule has 1 aromatic heterocycles. The number of sulfonamides is 1. The molecule has 0 aliphatic carbocycles. The van der Waals surface area contributed by atoms with Crippen LogP contribution in [0.4, 0.5) is 11.5 Å². The summed E-state index contributed by atoms with van der Waals surface area (Å²) in [6.45, 7) is 1.72. The van der Waals surface area contributed by atoms with E-state index in [1.807, 2.05) is 13.0 Å². The highest BCUT2D eigenvalue weighted by molar-refractivity contribution is 7.92. The molecule has 3 rings (SSSR count). The first-order valence-electron chi connectivity index (χ1n) is 7.32. The van der Waals surface area contributed by atoms with Crippen LogP contribution in [0.15, 0.2) is 42.5 Å². The number of anilines is 2. The maximum absolute atomic E-state index is 12.5. The van der Waals surface area contributed by atoms with Gasteiger partial charge in [0.2, 0.25) is 10.0 Å². The van der Waals surface area contributed by atoms with Gasteiger partial charge in [0.1, 0.15) is 11.6 Å². The van der Waals surface area contributed by atoms with Crippen LogP contribution in [0.3, 0.4) is 0 Å². The number of para-hydroxylation sites is 2. The molecular formula is C16H17N3O4S. The Morgan fingerprint density at radius 2 is 2.00 bits per heavy atom. The number of nitrogens with zero attached hydrogens (tertiary/aromatic N) is 2. The number of aromatic nitrogens is 1. The van der Waals surface area contributed by atoms with E-state index in [4.69, 9.17) is 4.74 Å². The summed E-state index contributed by atoms with van der Waals surface area (Å²) in [4.78, 5) is 16.7. The predicted octanol–water partition coefficient (Wildman–Crippen LogP) is 1.56. The lowest BCUT2D eigenvalue weighted by Crippen LogP contribution is -2.48. The third-order valence-electron chi connectivity index (χ3n) is 3.57. The van der Waals surface area contributed by atoms with Crippen molar-refractivity contribution in [3.05, 3.63) is 48.2 Å². The van der Waals surface area contributed by atoms with Crippen molar-refractivity contribution in [2.24, 2.45) is 0 Å². The van der Waals surface area contributed by atoms with Crippen molar-refractivity contribution < 1.29 is 17.9 Å². The molecule has 1 atom stereocenters. The number of carbonyl (C=O) groups is 1. The molecule has 1 aromatic carbocycles. The van der Waals surface area contributed by atoms with Crippen LogP contribution in [0.2, 0.25) is 0 Å². The number of benzene rings is 1. The summed E-state index contributed by atoms with van der Waals surface area (Å²) in [6.07, 6.45) is 0.142. The monoisotopic (exact) mass is 347 g/mol. The van der Waals surface area contributed by atoms with Gasteiger partial charge in [-0.05, 0) is 31.2 Å². The minimum Gasteiger partial charge on any atom is -0.476 e. The summed E-state index contributed by atoms with van der Waals surface area (Å²) in [5.74, 6) is 0.302. The number of amides is 1. The molecule has 0 radical (unpaired) electrons. The van der Waals surface area contributed by atoms with Crippen LogP contribution in [-0.4, -0.2) is 38.2 Å². The fraction of sp³-hybridized carbons (Fsp3) is 0.250. The van der Waals surface area contributed by atoms with Gasteiger partial charge in [-0.25, -0.2) is 13.4 Å². The van der Waals surface area contributed by atoms with Gasteiger partial charge < -0.3 is 10.1 Å². The van der Waals surface area contributed by atoms with Gasteiger partial charge in [-0.1, -0.05) is 18.2 Å². The minimum atomic E-state index is -3.53. The Balaban J connectivity index is 1.86. The van der Waals surface area contributed by atoms with Gasteiger partial charge in [0.05, 0.1) is 18.5 Å². The maximum Gasteiger partial charge on any atom is 0.268 e. The average molecular weight is 347 g/mol. The van der Waals surface area contributed by atoms with Gasteiger partial charge in [0, 0.05) is 5.69 Å². The predicted molar refractivity (Wildman–Crippen MR) is 90.7 cm³/mol. The molecule has 1 aliphatic heterocycles. The molecule has 0 fully saturated rings. The highest BCUT2D eigenvalue weighted by Gasteiger charge is 2.34. The summed E-state index contributed by atoms with van der Waals surface area (Å²) >= 11 is 0. The van der Waals surface area contributed by atoms with Crippen LogP contribution in [-0.2, 0) is 14.8 Å². The van der Waals surface area contributed by atoms with Crippen molar-refractivity contribution >= 4 is 27.4 Å². The Bertz CT molecular complexity index is 882. The lowest BCUT2D eigenvalue weighted by Gasteiger charge is -2.33. The van der Waals surface area contributed by atoms with Crippen molar-refractivity contribution in [1.29, 1.82) is 0 Å². The molecule has 24 heavy (non-hydrogen) atoms. The van der Waals surface area contributed by atoms with Gasteiger partial charge in [0.15, 0.2) is 6.10 Å². The molecule has 2 aromatic rings. The number of hydrogen-bond donors (Lipinski definition) is 1. The fourth-order valence-electron chi connectivity index (χ4n) is 2.47. The second-order valence-corrected chi connectivity index (χ2v) is 7.43. The van der Waals surface area contributed by atoms with E-state index in [0.29, 0.717) is 17.3 Å². The van der Waals surface area contributed by atoms with Gasteiger partial charge >= 0.3 is 0 Å². The molecule has 0 unspecified atom stereocenters. The number of fused-ring (bicyclic) bond motifs is 1. The van der Waals surface area contributed by atoms with E-state index in [9.17, 15) is 13.2 Å². The molecule has 0 bridgehead atoms. The van der Waals surface area contributed by atoms with Gasteiger partial charge in [-0.2, -0.15) is 0 Å². The van der Waals surface area contributed by atoms with E-state index in [2.05, 4.69) is 10.3 Å². The second kappa shape index (κ2) is 6.12. The van der Waals surface area contributed by atoms with E-state index in [0.717, 1.165) is 11.9 Å². The van der Waals surface area contributed by atoms with Crippen molar-refractivity contribution in [1.82, 2.24) is 4.98 Å². The molecule has 1 amide bonds. The van der Waals surface area contributed by atoms with E-state index in [1.54, 1.807) is 36.4 Å². The molecule has 8 heteroatoms. The van der Waals surface area contributed by atoms with Crippen molar-refractivity contribution in [3.8, 4) is 5.75 Å². The molecule has 1 N–H and O–H groups in total. The molecule has 0 saturated carbocycles. The van der Waals surface area contributed by atoms with Gasteiger partial charge in [-0.3, -0.25) is 9.10 Å². The lowest BCUT2D eigenvalue weighted by atomic mass is 10.2. The summed E-state index contributed by atoms with van der Waals surface area (Å²) in [5.41, 5.74) is 1.19. The van der Waals surface area contributed by atoms with E-state index >= 15 is 0 Å². The molecule has 1 aliphatic rings. The number of ether oxygens (including phenoxy) is 1. The summed E-state index contributed by atoms with van der Waals surface area (Å²) < 4.78 is 30.9. The normalized spacial score (nSPS) is 16.9. The quantitative estimate of drug-likeness (QED) is 0.910. The SMILES string of the molecule is Cc1cccc(NC(=O)[C@H]2CN(S(C)(=O)=O)c3ccccc3O2)n1. The Hall–Kier alpha value is -2.61. The second-order valence-electron chi connectivity index (χ2n) is 5.52. The fourth-order valence-corrected chi connectivity index (χ4v) is 3.39. The van der Waals surface area contributed by atoms with Crippen LogP contribution in [0.25, 0.3) is 0 Å². The van der Waals surface area contributed by atoms with Crippen LogP contribution < -0.4 is 14.4 Å². The van der Waals surface area contributed by atoms with Crippen LogP contribution in [0, 0.1) is 6.92 Å². The first kappa shape index (κ1) is 16.3. The molecular weight excluding hydrogens is 330 g/mol. The molecule has 126 valence electrons. The van der Waals surface area contributed by atoms with Crippen LogP contribution in [0.1, 0.15) is 5.69 Å². The Morgan fingerprint density at radius 1 is 1.25 bits per heavy atom. The Morgan fingerprint density at radius 3 is 2.71 bits per heavy atom. The molecule has 0 spiro atoms. The number of pyridine rings is 1. The van der Waals surface area contributed by atoms with E-state index < -0.39 is 22.0 Å². The number of nitrogens with one attached hydrogen (secondary N) is 1. The molecule has 7 nitrogen and oxygen atoms in total. The smallest absolute Gasteiger partial charge is 0.268 e. The highest BCUT2D eigenvalue weighted by atomic mass is 32.2. The van der Waals surface area contributed by atoms with Crippen molar-refractivity contribution in [2.75, 3.05) is 22.4 Å².